The van der Waals surface area contributed by atoms with Crippen LogP contribution in [0.5, 0.6) is 0 Å². The van der Waals surface area contributed by atoms with Crippen molar-refractivity contribution in [1.29, 1.82) is 0 Å². The first kappa shape index (κ1) is 6.60. The Hall–Kier alpha value is -1.52. The fourth-order valence-electron chi connectivity index (χ4n) is 0.507. The van der Waals surface area contributed by atoms with E-state index >= 15 is 0 Å². The molecule has 0 saturated heterocycles. The summed E-state index contributed by atoms with van der Waals surface area (Å²) >= 11 is 0. The van der Waals surface area contributed by atoms with Crippen molar-refractivity contribution in [2.75, 3.05) is 0 Å². The Bertz CT molecular complexity index is 304. The van der Waals surface area contributed by atoms with Crippen molar-refractivity contribution in [2.24, 2.45) is 12.2 Å². The van der Waals surface area contributed by atoms with Gasteiger partial charge in [-0.1, -0.05) is 0 Å². The van der Waals surface area contributed by atoms with Crippen LogP contribution in [0.4, 0.5) is 5.82 Å². The summed E-state index contributed by atoms with van der Waals surface area (Å²) in [6, 6.07) is 1.37. The zero-order valence-electron chi connectivity index (χ0n) is 5.31. The van der Waals surface area contributed by atoms with E-state index in [9.17, 15) is 9.70 Å². The number of rotatable bonds is 1. The van der Waals surface area contributed by atoms with Gasteiger partial charge in [0.15, 0.2) is 0 Å². The molecule has 1 heterocycles. The minimum absolute atomic E-state index is 0.0805. The van der Waals surface area contributed by atoms with E-state index in [1.165, 1.54) is 16.8 Å². The molecule has 0 spiro atoms. The van der Waals surface area contributed by atoms with Crippen molar-refractivity contribution in [3.63, 3.8) is 0 Å². The molecule has 0 fully saturated rings. The van der Waals surface area contributed by atoms with Crippen LogP contribution in [-0.2, 0) is 7.05 Å². The van der Waals surface area contributed by atoms with Gasteiger partial charge in [-0.15, -0.1) is 4.91 Å². The van der Waals surface area contributed by atoms with Gasteiger partial charge >= 0.3 is 5.69 Å². The maximum absolute atomic E-state index is 10.7. The SMILES string of the molecule is Cn1ccc(N=O)nc1=O. The highest BCUT2D eigenvalue weighted by atomic mass is 16.3. The monoisotopic (exact) mass is 139 g/mol. The second kappa shape index (κ2) is 2.38. The molecule has 0 aliphatic rings. The average Bonchev–Trinajstić information content (AvgIpc) is 1.95. The first-order chi connectivity index (χ1) is 4.74. The number of nitroso groups, excluding NO2 is 1. The van der Waals surface area contributed by atoms with Gasteiger partial charge < -0.3 is 4.57 Å². The molecule has 1 rings (SSSR count). The molecule has 1 aromatic heterocycles. The summed E-state index contributed by atoms with van der Waals surface area (Å²) in [6.45, 7) is 0. The highest BCUT2D eigenvalue weighted by Gasteiger charge is 1.93. The largest absolute Gasteiger partial charge is 0.349 e. The molecule has 1 aromatic rings. The molecule has 0 unspecified atom stereocenters. The van der Waals surface area contributed by atoms with Crippen molar-refractivity contribution >= 4 is 5.82 Å². The fourth-order valence-corrected chi connectivity index (χ4v) is 0.507. The maximum atomic E-state index is 10.7. The molecule has 0 amide bonds. The maximum Gasteiger partial charge on any atom is 0.349 e. The van der Waals surface area contributed by atoms with Gasteiger partial charge in [0.2, 0.25) is 5.82 Å². The van der Waals surface area contributed by atoms with Crippen molar-refractivity contribution < 1.29 is 0 Å². The molecule has 52 valence electrons. The lowest BCUT2D eigenvalue weighted by molar-refractivity contribution is 0.810. The van der Waals surface area contributed by atoms with Gasteiger partial charge in [0.05, 0.1) is 0 Å². The van der Waals surface area contributed by atoms with E-state index < -0.39 is 5.69 Å². The molecule has 0 aliphatic heterocycles. The molecule has 0 bridgehead atoms. The smallest absolute Gasteiger partial charge is 0.302 e. The second-order valence-electron chi connectivity index (χ2n) is 1.77. The fraction of sp³-hybridized carbons (Fsp3) is 0.200. The van der Waals surface area contributed by atoms with Gasteiger partial charge in [-0.05, 0) is 5.18 Å². The Morgan fingerprint density at radius 2 is 2.40 bits per heavy atom. The molecule has 0 aromatic carbocycles. The Morgan fingerprint density at radius 1 is 1.70 bits per heavy atom. The Balaban J connectivity index is 3.30. The number of aromatic nitrogens is 2. The van der Waals surface area contributed by atoms with E-state index in [4.69, 9.17) is 0 Å². The number of hydrogen-bond acceptors (Lipinski definition) is 4. The van der Waals surface area contributed by atoms with E-state index in [1.807, 2.05) is 0 Å². The van der Waals surface area contributed by atoms with E-state index in [0.29, 0.717) is 0 Å². The third-order valence-corrected chi connectivity index (χ3v) is 1.05. The summed E-state index contributed by atoms with van der Waals surface area (Å²) in [6.07, 6.45) is 1.44. The summed E-state index contributed by atoms with van der Waals surface area (Å²) in [7, 11) is 1.55. The van der Waals surface area contributed by atoms with E-state index in [-0.39, 0.29) is 5.82 Å². The topological polar surface area (TPSA) is 64.3 Å². The standard InChI is InChI=1S/C5H5N3O2/c1-8-3-2-4(7-10)6-5(8)9/h2-3H,1H3. The third-order valence-electron chi connectivity index (χ3n) is 1.05. The minimum Gasteiger partial charge on any atom is -0.302 e. The van der Waals surface area contributed by atoms with E-state index in [0.717, 1.165) is 0 Å². The molecule has 0 N–H and O–H groups in total. The number of hydrogen-bond donors (Lipinski definition) is 0. The van der Waals surface area contributed by atoms with Crippen LogP contribution in [0, 0.1) is 4.91 Å². The molecule has 0 saturated carbocycles. The van der Waals surface area contributed by atoms with Crippen LogP contribution in [0.25, 0.3) is 0 Å². The van der Waals surface area contributed by atoms with Crippen LogP contribution >= 0.6 is 0 Å². The van der Waals surface area contributed by atoms with Crippen molar-refractivity contribution in [1.82, 2.24) is 9.55 Å². The van der Waals surface area contributed by atoms with E-state index in [1.54, 1.807) is 7.05 Å². The average molecular weight is 139 g/mol. The molecule has 0 atom stereocenters. The van der Waals surface area contributed by atoms with Crippen molar-refractivity contribution in [3.8, 4) is 0 Å². The first-order valence-electron chi connectivity index (χ1n) is 2.61. The summed E-state index contributed by atoms with van der Waals surface area (Å²) < 4.78 is 1.26. The van der Waals surface area contributed by atoms with Crippen LogP contribution in [-0.4, -0.2) is 9.55 Å². The van der Waals surface area contributed by atoms with Gasteiger partial charge in [0.25, 0.3) is 0 Å². The normalized spacial score (nSPS) is 9.30. The molecule has 0 aliphatic carbocycles. The predicted octanol–water partition coefficient (Wildman–Crippen LogP) is 0.178. The van der Waals surface area contributed by atoms with Crippen LogP contribution in [0.2, 0.25) is 0 Å². The molecule has 5 nitrogen and oxygen atoms in total. The zero-order chi connectivity index (χ0) is 7.56. The van der Waals surface area contributed by atoms with Gasteiger partial charge in [-0.25, -0.2) is 4.79 Å². The Morgan fingerprint density at radius 3 is 2.90 bits per heavy atom. The van der Waals surface area contributed by atoms with Gasteiger partial charge in [-0.3, -0.25) is 0 Å². The van der Waals surface area contributed by atoms with Crippen molar-refractivity contribution in [3.05, 3.63) is 27.7 Å². The van der Waals surface area contributed by atoms with Gasteiger partial charge in [-0.2, -0.15) is 4.98 Å². The molecule has 10 heavy (non-hydrogen) atoms. The third kappa shape index (κ3) is 1.07. The summed E-state index contributed by atoms with van der Waals surface area (Å²) in [4.78, 5) is 23.8. The Labute approximate surface area is 56.3 Å². The van der Waals surface area contributed by atoms with Crippen LogP contribution < -0.4 is 5.69 Å². The zero-order valence-corrected chi connectivity index (χ0v) is 5.31. The Kier molecular flexibility index (Phi) is 1.57. The number of aryl methyl sites for hydroxylation is 1. The van der Waals surface area contributed by atoms with Crippen LogP contribution in [0.3, 0.4) is 0 Å². The minimum atomic E-state index is -0.475. The summed E-state index contributed by atoms with van der Waals surface area (Å²) in [5.41, 5.74) is -0.475. The lowest BCUT2D eigenvalue weighted by Crippen LogP contribution is -2.17. The predicted molar refractivity (Wildman–Crippen MR) is 34.9 cm³/mol. The quantitative estimate of drug-likeness (QED) is 0.521. The van der Waals surface area contributed by atoms with Crippen LogP contribution in [0.1, 0.15) is 0 Å². The highest BCUT2D eigenvalue weighted by Crippen LogP contribution is 1.99. The summed E-state index contributed by atoms with van der Waals surface area (Å²) in [5.74, 6) is -0.0805. The lowest BCUT2D eigenvalue weighted by Gasteiger charge is -1.91. The lowest BCUT2D eigenvalue weighted by atomic mass is 10.6. The molecule has 0 radical (unpaired) electrons. The second-order valence-corrected chi connectivity index (χ2v) is 1.77. The molecular weight excluding hydrogens is 134 g/mol. The summed E-state index contributed by atoms with van der Waals surface area (Å²) in [5, 5.41) is 2.50. The van der Waals surface area contributed by atoms with Crippen LogP contribution in [0.15, 0.2) is 22.2 Å². The molecule has 5 heteroatoms. The van der Waals surface area contributed by atoms with Crippen molar-refractivity contribution in [2.45, 2.75) is 0 Å². The first-order valence-corrected chi connectivity index (χ1v) is 2.61. The van der Waals surface area contributed by atoms with E-state index in [2.05, 4.69) is 10.2 Å². The van der Waals surface area contributed by atoms with Gasteiger partial charge in [0, 0.05) is 19.3 Å². The van der Waals surface area contributed by atoms with Gasteiger partial charge in [0.1, 0.15) is 0 Å². The number of nitrogens with zero attached hydrogens (tertiary/aromatic N) is 3. The highest BCUT2D eigenvalue weighted by molar-refractivity contribution is 5.22. The molecular formula is C5H5N3O2.